The molecule has 0 aliphatic heterocycles. The lowest BCUT2D eigenvalue weighted by Crippen LogP contribution is -1.98. The zero-order valence-electron chi connectivity index (χ0n) is 11.4. The predicted molar refractivity (Wildman–Crippen MR) is 77.0 cm³/mol. The van der Waals surface area contributed by atoms with E-state index in [4.69, 9.17) is 16.3 Å². The minimum Gasteiger partial charge on any atom is -0.439 e. The van der Waals surface area contributed by atoms with Gasteiger partial charge in [0.25, 0.3) is 0 Å². The van der Waals surface area contributed by atoms with Crippen molar-refractivity contribution in [2.45, 2.75) is 33.6 Å². The summed E-state index contributed by atoms with van der Waals surface area (Å²) < 4.78 is 5.82. The van der Waals surface area contributed by atoms with Crippen molar-refractivity contribution < 1.29 is 4.74 Å². The number of hydrogen-bond donors (Lipinski definition) is 0. The average Bonchev–Trinajstić information content (AvgIpc) is 2.35. The van der Waals surface area contributed by atoms with Crippen LogP contribution in [0.3, 0.4) is 0 Å². The molecule has 0 N–H and O–H groups in total. The lowest BCUT2D eigenvalue weighted by atomic mass is 10.1. The zero-order valence-corrected chi connectivity index (χ0v) is 12.2. The third kappa shape index (κ3) is 3.44. The molecule has 0 unspecified atom stereocenters. The van der Waals surface area contributed by atoms with Crippen molar-refractivity contribution in [3.8, 4) is 11.6 Å². The topological polar surface area (TPSA) is 35.0 Å². The van der Waals surface area contributed by atoms with Gasteiger partial charge in [0.2, 0.25) is 5.88 Å². The third-order valence-corrected chi connectivity index (χ3v) is 3.15. The molecular formula is C15H17ClN2O. The van der Waals surface area contributed by atoms with E-state index in [1.165, 1.54) is 5.56 Å². The van der Waals surface area contributed by atoms with Gasteiger partial charge in [-0.05, 0) is 37.5 Å². The molecule has 2 aromatic rings. The first-order chi connectivity index (χ1) is 9.10. The molecule has 0 bridgehead atoms. The van der Waals surface area contributed by atoms with Gasteiger partial charge in [-0.3, -0.25) is 0 Å². The highest BCUT2D eigenvalue weighted by molar-refractivity contribution is 6.29. The average molecular weight is 277 g/mol. The van der Waals surface area contributed by atoms with Crippen molar-refractivity contribution in [2.24, 2.45) is 0 Å². The fourth-order valence-electron chi connectivity index (χ4n) is 1.78. The molecule has 4 heteroatoms. The molecule has 0 spiro atoms. The van der Waals surface area contributed by atoms with Gasteiger partial charge in [-0.1, -0.05) is 30.7 Å². The lowest BCUT2D eigenvalue weighted by Gasteiger charge is -2.10. The van der Waals surface area contributed by atoms with Crippen LogP contribution in [0.1, 0.15) is 30.3 Å². The summed E-state index contributed by atoms with van der Waals surface area (Å²) in [5.74, 6) is 2.02. The first-order valence-electron chi connectivity index (χ1n) is 6.37. The van der Waals surface area contributed by atoms with Gasteiger partial charge in [-0.2, -0.15) is 4.98 Å². The zero-order chi connectivity index (χ0) is 13.8. The third-order valence-electron chi connectivity index (χ3n) is 2.96. The Kier molecular flexibility index (Phi) is 4.38. The van der Waals surface area contributed by atoms with Gasteiger partial charge in [0.1, 0.15) is 16.7 Å². The van der Waals surface area contributed by atoms with Gasteiger partial charge in [-0.25, -0.2) is 4.98 Å². The van der Waals surface area contributed by atoms with Crippen LogP contribution in [-0.4, -0.2) is 9.97 Å². The summed E-state index contributed by atoms with van der Waals surface area (Å²) in [7, 11) is 0. The van der Waals surface area contributed by atoms with Gasteiger partial charge >= 0.3 is 0 Å². The summed E-state index contributed by atoms with van der Waals surface area (Å²) in [6, 6.07) is 7.59. The molecule has 0 amide bonds. The molecule has 1 aromatic carbocycles. The number of aromatic nitrogens is 2. The van der Waals surface area contributed by atoms with Crippen molar-refractivity contribution in [3.05, 3.63) is 46.4 Å². The Morgan fingerprint density at radius 2 is 2.00 bits per heavy atom. The predicted octanol–water partition coefficient (Wildman–Crippen LogP) is 4.49. The van der Waals surface area contributed by atoms with Crippen LogP contribution < -0.4 is 4.74 Å². The molecule has 0 radical (unpaired) electrons. The van der Waals surface area contributed by atoms with Crippen LogP contribution in [0, 0.1) is 13.8 Å². The molecular weight excluding hydrogens is 260 g/mol. The number of rotatable bonds is 4. The van der Waals surface area contributed by atoms with Gasteiger partial charge in [-0.15, -0.1) is 0 Å². The molecule has 0 aliphatic carbocycles. The van der Waals surface area contributed by atoms with E-state index in [2.05, 4.69) is 29.9 Å². The van der Waals surface area contributed by atoms with Gasteiger partial charge < -0.3 is 4.74 Å². The van der Waals surface area contributed by atoms with Crippen molar-refractivity contribution in [3.63, 3.8) is 0 Å². The second kappa shape index (κ2) is 6.02. The summed E-state index contributed by atoms with van der Waals surface area (Å²) in [4.78, 5) is 8.55. The van der Waals surface area contributed by atoms with E-state index < -0.39 is 0 Å². The highest BCUT2D eigenvalue weighted by Crippen LogP contribution is 2.26. The lowest BCUT2D eigenvalue weighted by molar-refractivity contribution is 0.454. The normalized spacial score (nSPS) is 10.5. The van der Waals surface area contributed by atoms with Crippen molar-refractivity contribution in [1.29, 1.82) is 0 Å². The Morgan fingerprint density at radius 1 is 1.21 bits per heavy atom. The molecule has 100 valence electrons. The van der Waals surface area contributed by atoms with E-state index in [1.54, 1.807) is 6.07 Å². The molecule has 1 heterocycles. The number of aryl methyl sites for hydroxylation is 2. The van der Waals surface area contributed by atoms with E-state index in [0.717, 1.165) is 30.0 Å². The molecule has 0 saturated heterocycles. The molecule has 2 rings (SSSR count). The van der Waals surface area contributed by atoms with Crippen LogP contribution in [0.15, 0.2) is 24.3 Å². The highest BCUT2D eigenvalue weighted by atomic mass is 35.5. The summed E-state index contributed by atoms with van der Waals surface area (Å²) >= 11 is 5.99. The Balaban J connectivity index is 2.30. The smallest absolute Gasteiger partial charge is 0.224 e. The quantitative estimate of drug-likeness (QED) is 0.772. The summed E-state index contributed by atoms with van der Waals surface area (Å²) in [5, 5.41) is 0.416. The van der Waals surface area contributed by atoms with E-state index in [1.807, 2.05) is 19.1 Å². The molecule has 0 atom stereocenters. The molecule has 3 nitrogen and oxygen atoms in total. The van der Waals surface area contributed by atoms with Crippen molar-refractivity contribution >= 4 is 11.6 Å². The van der Waals surface area contributed by atoms with E-state index in [-0.39, 0.29) is 0 Å². The molecule has 19 heavy (non-hydrogen) atoms. The Bertz CT molecular complexity index is 584. The monoisotopic (exact) mass is 276 g/mol. The Labute approximate surface area is 118 Å². The summed E-state index contributed by atoms with van der Waals surface area (Å²) in [6.45, 7) is 6.16. The van der Waals surface area contributed by atoms with Crippen LogP contribution in [0.2, 0.25) is 5.15 Å². The maximum atomic E-state index is 5.99. The second-order valence-electron chi connectivity index (χ2n) is 4.50. The van der Waals surface area contributed by atoms with Gasteiger partial charge in [0.15, 0.2) is 0 Å². The molecule has 1 aromatic heterocycles. The number of ether oxygens (including phenoxy) is 1. The van der Waals surface area contributed by atoms with Crippen molar-refractivity contribution in [1.82, 2.24) is 9.97 Å². The molecule has 0 fully saturated rings. The van der Waals surface area contributed by atoms with Crippen molar-refractivity contribution in [2.75, 3.05) is 0 Å². The van der Waals surface area contributed by atoms with Crippen LogP contribution >= 0.6 is 11.6 Å². The van der Waals surface area contributed by atoms with Gasteiger partial charge in [0, 0.05) is 12.5 Å². The largest absolute Gasteiger partial charge is 0.439 e. The van der Waals surface area contributed by atoms with E-state index in [0.29, 0.717) is 11.0 Å². The van der Waals surface area contributed by atoms with Crippen LogP contribution in [0.4, 0.5) is 0 Å². The minimum atomic E-state index is 0.416. The Morgan fingerprint density at radius 3 is 2.74 bits per heavy atom. The number of nitrogens with zero attached hydrogens (tertiary/aromatic N) is 2. The standard InChI is InChI=1S/C15H17ClN2O/c1-4-6-14-17-13(16)9-15(18-14)19-12-8-5-7-10(2)11(12)3/h5,7-9H,4,6H2,1-3H3. The van der Waals surface area contributed by atoms with Crippen LogP contribution in [-0.2, 0) is 6.42 Å². The SMILES string of the molecule is CCCc1nc(Cl)cc(Oc2cccc(C)c2C)n1. The maximum absolute atomic E-state index is 5.99. The van der Waals surface area contributed by atoms with E-state index in [9.17, 15) is 0 Å². The fourth-order valence-corrected chi connectivity index (χ4v) is 1.97. The number of benzene rings is 1. The molecule has 0 aliphatic rings. The highest BCUT2D eigenvalue weighted by Gasteiger charge is 2.07. The van der Waals surface area contributed by atoms with Gasteiger partial charge in [0.05, 0.1) is 0 Å². The number of hydrogen-bond acceptors (Lipinski definition) is 3. The Hall–Kier alpha value is -1.61. The first kappa shape index (κ1) is 13.8. The van der Waals surface area contributed by atoms with Crippen LogP contribution in [0.25, 0.3) is 0 Å². The minimum absolute atomic E-state index is 0.416. The summed E-state index contributed by atoms with van der Waals surface area (Å²) in [6.07, 6.45) is 1.77. The number of halogens is 1. The first-order valence-corrected chi connectivity index (χ1v) is 6.75. The second-order valence-corrected chi connectivity index (χ2v) is 4.88. The van der Waals surface area contributed by atoms with Crippen LogP contribution in [0.5, 0.6) is 11.6 Å². The maximum Gasteiger partial charge on any atom is 0.224 e. The molecule has 0 saturated carbocycles. The fraction of sp³-hybridized carbons (Fsp3) is 0.333. The van der Waals surface area contributed by atoms with E-state index >= 15 is 0 Å². The summed E-state index contributed by atoms with van der Waals surface area (Å²) in [5.41, 5.74) is 2.29.